The number of hydrogen-bond acceptors (Lipinski definition) is 9. The number of alkyl carbamates (subject to hydrolysis) is 2. The number of carbonyl (C=O) groups is 4. The SMILES string of the molecule is COC(=O)N[C@H](C(=O)N1CCC[C@H]1c1nc(-c2ccc3nc(-c4ccc(-c5cnc([C@@H]6CCCN6C(=O)[C@@H](NC(=O)OC)C(C)C)[nH]5)cc4)ccc3c2)c[nH]1)C(C)C. The van der Waals surface area contributed by atoms with Crippen LogP contribution in [0.25, 0.3) is 44.7 Å². The Balaban J connectivity index is 1.02. The number of benzene rings is 2. The molecule has 0 radical (unpaired) electrons. The number of H-pyrrole nitrogens is 2. The number of imidazole rings is 2. The number of aromatic amines is 2. The van der Waals surface area contributed by atoms with Crippen LogP contribution in [-0.2, 0) is 19.1 Å². The molecule has 3 aromatic heterocycles. The lowest BCUT2D eigenvalue weighted by atomic mass is 10.0. The Bertz CT molecular complexity index is 2280. The fourth-order valence-electron chi connectivity index (χ4n) is 7.96. The monoisotopic (exact) mass is 789 g/mol. The third-order valence-electron chi connectivity index (χ3n) is 11.2. The molecule has 58 heavy (non-hydrogen) atoms. The van der Waals surface area contributed by atoms with E-state index >= 15 is 0 Å². The van der Waals surface area contributed by atoms with Gasteiger partial charge in [0, 0.05) is 35.8 Å². The highest BCUT2D eigenvalue weighted by Crippen LogP contribution is 2.35. The van der Waals surface area contributed by atoms with Crippen LogP contribution < -0.4 is 10.6 Å². The molecule has 304 valence electrons. The highest BCUT2D eigenvalue weighted by atomic mass is 16.5. The van der Waals surface area contributed by atoms with Gasteiger partial charge in [0.25, 0.3) is 0 Å². The number of ether oxygens (including phenoxy) is 2. The summed E-state index contributed by atoms with van der Waals surface area (Å²) in [5.41, 5.74) is 6.16. The van der Waals surface area contributed by atoms with Gasteiger partial charge >= 0.3 is 12.2 Å². The molecule has 0 aliphatic carbocycles. The lowest BCUT2D eigenvalue weighted by Crippen LogP contribution is -2.51. The molecule has 5 heterocycles. The minimum atomic E-state index is -0.695. The smallest absolute Gasteiger partial charge is 0.407 e. The van der Waals surface area contributed by atoms with Gasteiger partial charge in [-0.1, -0.05) is 64.1 Å². The molecule has 15 heteroatoms. The fourth-order valence-corrected chi connectivity index (χ4v) is 7.96. The van der Waals surface area contributed by atoms with Gasteiger partial charge in [0.05, 0.1) is 55.1 Å². The molecule has 5 aromatic rings. The first-order valence-electron chi connectivity index (χ1n) is 19.9. The maximum atomic E-state index is 13.6. The number of aromatic nitrogens is 5. The first-order chi connectivity index (χ1) is 27.9. The van der Waals surface area contributed by atoms with Gasteiger partial charge in [-0.3, -0.25) is 9.59 Å². The quantitative estimate of drug-likeness (QED) is 0.112. The van der Waals surface area contributed by atoms with Crippen LogP contribution in [0.15, 0.2) is 67.0 Å². The van der Waals surface area contributed by atoms with Gasteiger partial charge in [-0.2, -0.15) is 0 Å². The van der Waals surface area contributed by atoms with Gasteiger partial charge in [-0.25, -0.2) is 24.5 Å². The van der Waals surface area contributed by atoms with Gasteiger partial charge in [0.1, 0.15) is 23.7 Å². The number of rotatable bonds is 11. The molecule has 2 saturated heterocycles. The minimum Gasteiger partial charge on any atom is -0.453 e. The second-order valence-corrected chi connectivity index (χ2v) is 15.6. The van der Waals surface area contributed by atoms with E-state index < -0.39 is 24.3 Å². The minimum absolute atomic E-state index is 0.109. The van der Waals surface area contributed by atoms with E-state index in [1.165, 1.54) is 14.2 Å². The van der Waals surface area contributed by atoms with E-state index in [-0.39, 0.29) is 35.7 Å². The van der Waals surface area contributed by atoms with Crippen molar-refractivity contribution < 1.29 is 28.7 Å². The van der Waals surface area contributed by atoms with Crippen molar-refractivity contribution >= 4 is 34.9 Å². The molecule has 2 aliphatic rings. The molecule has 2 fully saturated rings. The van der Waals surface area contributed by atoms with Crippen molar-refractivity contribution in [3.8, 4) is 33.8 Å². The largest absolute Gasteiger partial charge is 0.453 e. The van der Waals surface area contributed by atoms with Crippen LogP contribution in [0.4, 0.5) is 9.59 Å². The molecule has 7 rings (SSSR count). The number of nitrogens with one attached hydrogen (secondary N) is 4. The van der Waals surface area contributed by atoms with Gasteiger partial charge < -0.3 is 39.9 Å². The molecule has 0 spiro atoms. The topological polar surface area (TPSA) is 188 Å². The Kier molecular flexibility index (Phi) is 11.8. The van der Waals surface area contributed by atoms with Crippen LogP contribution in [0.5, 0.6) is 0 Å². The fraction of sp³-hybridized carbons (Fsp3) is 0.419. The Hall–Kier alpha value is -6.25. The van der Waals surface area contributed by atoms with Crippen molar-refractivity contribution in [2.45, 2.75) is 77.5 Å². The van der Waals surface area contributed by atoms with Crippen molar-refractivity contribution in [3.63, 3.8) is 0 Å². The number of carbonyl (C=O) groups excluding carboxylic acids is 4. The van der Waals surface area contributed by atoms with Crippen LogP contribution in [-0.4, -0.2) is 98.1 Å². The maximum absolute atomic E-state index is 13.6. The highest BCUT2D eigenvalue weighted by molar-refractivity contribution is 5.88. The summed E-state index contributed by atoms with van der Waals surface area (Å²) in [5, 5.41) is 6.36. The predicted octanol–water partition coefficient (Wildman–Crippen LogP) is 6.77. The van der Waals surface area contributed by atoms with E-state index in [2.05, 4.69) is 37.7 Å². The zero-order valence-corrected chi connectivity index (χ0v) is 33.7. The van der Waals surface area contributed by atoms with E-state index in [9.17, 15) is 19.2 Å². The summed E-state index contributed by atoms with van der Waals surface area (Å²) in [5.74, 6) is 0.917. The molecule has 2 aromatic carbocycles. The lowest BCUT2D eigenvalue weighted by Gasteiger charge is -2.30. The average molecular weight is 790 g/mol. The standard InChI is InChI=1S/C43H51N9O6/c1-24(2)36(49-42(55)57-5)40(53)51-19-7-9-34(51)38-44-22-32(47-38)27-13-11-26(12-14-27)30-17-15-28-21-29(16-18-31(28)46-30)33-23-45-39(48-33)35-10-8-20-52(35)41(54)37(25(3)4)50-43(56)58-6/h11-18,21-25,34-37H,7-10,19-20H2,1-6H3,(H,44,47)(H,45,48)(H,49,55)(H,50,56)/t34-,35-,36-,37-/m0/s1. The Morgan fingerprint density at radius 3 is 1.86 bits per heavy atom. The Labute approximate surface area is 337 Å². The van der Waals surface area contributed by atoms with Crippen LogP contribution >= 0.6 is 0 Å². The Morgan fingerprint density at radius 2 is 1.28 bits per heavy atom. The molecule has 15 nitrogen and oxygen atoms in total. The summed E-state index contributed by atoms with van der Waals surface area (Å²) >= 11 is 0. The van der Waals surface area contributed by atoms with Crippen molar-refractivity contribution in [1.82, 2.24) is 45.4 Å². The summed E-state index contributed by atoms with van der Waals surface area (Å²) in [6, 6.07) is 16.4. The second kappa shape index (κ2) is 17.1. The zero-order chi connectivity index (χ0) is 41.1. The zero-order valence-electron chi connectivity index (χ0n) is 33.7. The molecule has 4 amide bonds. The highest BCUT2D eigenvalue weighted by Gasteiger charge is 2.39. The molecular formula is C43H51N9O6. The first-order valence-corrected chi connectivity index (χ1v) is 19.9. The van der Waals surface area contributed by atoms with E-state index in [4.69, 9.17) is 19.4 Å². The normalized spacial score (nSPS) is 17.8. The summed E-state index contributed by atoms with van der Waals surface area (Å²) in [4.78, 5) is 76.0. The second-order valence-electron chi connectivity index (χ2n) is 15.6. The summed E-state index contributed by atoms with van der Waals surface area (Å²) in [6.45, 7) is 8.77. The van der Waals surface area contributed by atoms with Crippen LogP contribution in [0.3, 0.4) is 0 Å². The van der Waals surface area contributed by atoms with E-state index in [1.54, 1.807) is 16.0 Å². The van der Waals surface area contributed by atoms with Crippen molar-refractivity contribution in [1.29, 1.82) is 0 Å². The maximum Gasteiger partial charge on any atom is 0.407 e. The average Bonchev–Trinajstić information content (AvgIpc) is 4.07. The van der Waals surface area contributed by atoms with E-state index in [0.29, 0.717) is 24.7 Å². The molecule has 2 aliphatic heterocycles. The van der Waals surface area contributed by atoms with Gasteiger partial charge in [0.15, 0.2) is 0 Å². The van der Waals surface area contributed by atoms with Crippen molar-refractivity contribution in [3.05, 3.63) is 78.6 Å². The lowest BCUT2D eigenvalue weighted by molar-refractivity contribution is -0.136. The molecule has 4 N–H and O–H groups in total. The number of likely N-dealkylation sites (tertiary alicyclic amines) is 2. The molecule has 4 atom stereocenters. The number of methoxy groups -OCH3 is 2. The Morgan fingerprint density at radius 1 is 0.707 bits per heavy atom. The van der Waals surface area contributed by atoms with E-state index in [1.807, 2.05) is 76.4 Å². The van der Waals surface area contributed by atoms with Crippen LogP contribution in [0.1, 0.15) is 77.1 Å². The third-order valence-corrected chi connectivity index (χ3v) is 11.2. The number of amides is 4. The van der Waals surface area contributed by atoms with E-state index in [0.717, 1.165) is 70.4 Å². The number of fused-ring (bicyclic) bond motifs is 1. The summed E-state index contributed by atoms with van der Waals surface area (Å²) in [7, 11) is 2.58. The molecule has 0 bridgehead atoms. The van der Waals surface area contributed by atoms with Crippen molar-refractivity contribution in [2.24, 2.45) is 11.8 Å². The third kappa shape index (κ3) is 8.25. The predicted molar refractivity (Wildman–Crippen MR) is 218 cm³/mol. The molecule has 0 saturated carbocycles. The summed E-state index contributed by atoms with van der Waals surface area (Å²) < 4.78 is 9.52. The number of pyridine rings is 1. The van der Waals surface area contributed by atoms with Crippen LogP contribution in [0, 0.1) is 11.8 Å². The number of nitrogens with zero attached hydrogens (tertiary/aromatic N) is 5. The number of hydrogen-bond donors (Lipinski definition) is 4. The summed E-state index contributed by atoms with van der Waals surface area (Å²) in [6.07, 6.45) is 5.64. The molecular weight excluding hydrogens is 739 g/mol. The van der Waals surface area contributed by atoms with Crippen LogP contribution in [0.2, 0.25) is 0 Å². The molecule has 0 unspecified atom stereocenters. The first kappa shape index (κ1) is 40.0. The van der Waals surface area contributed by atoms with Gasteiger partial charge in [-0.15, -0.1) is 0 Å². The van der Waals surface area contributed by atoms with Crippen molar-refractivity contribution in [2.75, 3.05) is 27.3 Å². The van der Waals surface area contributed by atoms with Gasteiger partial charge in [0.2, 0.25) is 11.8 Å². The van der Waals surface area contributed by atoms with Gasteiger partial charge in [-0.05, 0) is 61.3 Å².